The third kappa shape index (κ3) is 3.85. The van der Waals surface area contributed by atoms with Gasteiger partial charge in [0.1, 0.15) is 5.78 Å². The zero-order valence-electron chi connectivity index (χ0n) is 16.7. The zero-order chi connectivity index (χ0) is 19.8. The minimum Gasteiger partial charge on any atom is -0.390 e. The van der Waals surface area contributed by atoms with E-state index in [4.69, 9.17) is 0 Å². The second-order valence-corrected chi connectivity index (χ2v) is 8.88. The summed E-state index contributed by atoms with van der Waals surface area (Å²) in [4.78, 5) is 39.8. The molecule has 3 unspecified atom stereocenters. The lowest BCUT2D eigenvalue weighted by atomic mass is 9.52. The summed E-state index contributed by atoms with van der Waals surface area (Å²) < 4.78 is 0. The van der Waals surface area contributed by atoms with Crippen LogP contribution in [-0.4, -0.2) is 53.1 Å². The molecule has 148 valence electrons. The highest BCUT2D eigenvalue weighted by molar-refractivity contribution is 6.44. The van der Waals surface area contributed by atoms with Gasteiger partial charge in [-0.15, -0.1) is 0 Å². The largest absolute Gasteiger partial charge is 0.390 e. The molecule has 0 aromatic carbocycles. The third-order valence-corrected chi connectivity index (χ3v) is 6.83. The van der Waals surface area contributed by atoms with Gasteiger partial charge in [-0.05, 0) is 70.7 Å². The van der Waals surface area contributed by atoms with Gasteiger partial charge in [0.25, 0.3) is 0 Å². The van der Waals surface area contributed by atoms with Crippen LogP contribution in [0.25, 0.3) is 0 Å². The van der Waals surface area contributed by atoms with Crippen molar-refractivity contribution in [3.8, 4) is 0 Å². The first-order chi connectivity index (χ1) is 12.7. The first-order valence-corrected chi connectivity index (χ1v) is 10.1. The van der Waals surface area contributed by atoms with Gasteiger partial charge in [-0.25, -0.2) is 0 Å². The molecule has 3 rings (SSSR count). The summed E-state index contributed by atoms with van der Waals surface area (Å²) in [6, 6.07) is 0. The summed E-state index contributed by atoms with van der Waals surface area (Å²) in [5, 5.41) is 11.4. The van der Waals surface area contributed by atoms with Crippen LogP contribution < -0.4 is 0 Å². The second kappa shape index (κ2) is 7.44. The van der Waals surface area contributed by atoms with E-state index in [0.717, 1.165) is 18.0 Å². The number of carbonyl (C=O) groups is 3. The highest BCUT2D eigenvalue weighted by atomic mass is 16.3. The van der Waals surface area contributed by atoms with E-state index in [1.54, 1.807) is 13.0 Å². The van der Waals surface area contributed by atoms with Gasteiger partial charge in [0.2, 0.25) is 11.6 Å². The SMILES string of the molecule is CC=C1C=CC(=O)C(=O)C1C1(CCN(C)CC2CC2)CC(=O)CCC1(C)O. The Morgan fingerprint density at radius 2 is 1.96 bits per heavy atom. The van der Waals surface area contributed by atoms with E-state index < -0.39 is 28.5 Å². The highest BCUT2D eigenvalue weighted by Crippen LogP contribution is 2.54. The summed E-state index contributed by atoms with van der Waals surface area (Å²) in [6.07, 6.45) is 8.65. The summed E-state index contributed by atoms with van der Waals surface area (Å²) in [6.45, 7) is 5.27. The predicted octanol–water partition coefficient (Wildman–Crippen LogP) is 2.48. The van der Waals surface area contributed by atoms with Crippen molar-refractivity contribution in [1.29, 1.82) is 0 Å². The van der Waals surface area contributed by atoms with Crippen LogP contribution in [0, 0.1) is 17.3 Å². The molecule has 5 heteroatoms. The van der Waals surface area contributed by atoms with Crippen molar-refractivity contribution >= 4 is 17.3 Å². The smallest absolute Gasteiger partial charge is 0.222 e. The number of Topliss-reactive ketones (excluding diaryl/α,β-unsaturated/α-hetero) is 2. The Bertz CT molecular complexity index is 701. The van der Waals surface area contributed by atoms with Gasteiger partial charge in [0, 0.05) is 24.8 Å². The lowest BCUT2D eigenvalue weighted by molar-refractivity contribution is -0.163. The van der Waals surface area contributed by atoms with E-state index in [1.165, 1.54) is 18.9 Å². The molecule has 0 aromatic rings. The van der Waals surface area contributed by atoms with Gasteiger partial charge < -0.3 is 10.0 Å². The van der Waals surface area contributed by atoms with Crippen molar-refractivity contribution in [2.75, 3.05) is 20.1 Å². The van der Waals surface area contributed by atoms with Gasteiger partial charge >= 0.3 is 0 Å². The Balaban J connectivity index is 1.97. The topological polar surface area (TPSA) is 74.7 Å². The first-order valence-electron chi connectivity index (χ1n) is 10.1. The van der Waals surface area contributed by atoms with Crippen LogP contribution >= 0.6 is 0 Å². The van der Waals surface area contributed by atoms with Crippen molar-refractivity contribution in [3.05, 3.63) is 23.8 Å². The molecule has 2 saturated carbocycles. The molecule has 0 spiro atoms. The average molecular weight is 373 g/mol. The maximum absolute atomic E-state index is 12.9. The summed E-state index contributed by atoms with van der Waals surface area (Å²) in [5.74, 6) is -0.980. The molecule has 3 atom stereocenters. The number of rotatable bonds is 6. The van der Waals surface area contributed by atoms with Crippen molar-refractivity contribution in [2.24, 2.45) is 17.3 Å². The fraction of sp³-hybridized carbons (Fsp3) is 0.682. The van der Waals surface area contributed by atoms with E-state index >= 15 is 0 Å². The molecule has 0 amide bonds. The summed E-state index contributed by atoms with van der Waals surface area (Å²) >= 11 is 0. The fourth-order valence-corrected chi connectivity index (χ4v) is 4.88. The number of aliphatic hydroxyl groups is 1. The third-order valence-electron chi connectivity index (χ3n) is 6.83. The highest BCUT2D eigenvalue weighted by Gasteiger charge is 2.59. The molecule has 0 bridgehead atoms. The lowest BCUT2D eigenvalue weighted by Crippen LogP contribution is -2.59. The normalized spacial score (nSPS) is 36.1. The van der Waals surface area contributed by atoms with Gasteiger partial charge in [-0.2, -0.15) is 0 Å². The summed E-state index contributed by atoms with van der Waals surface area (Å²) in [7, 11) is 2.05. The van der Waals surface area contributed by atoms with Crippen molar-refractivity contribution in [3.63, 3.8) is 0 Å². The van der Waals surface area contributed by atoms with E-state index in [1.807, 2.05) is 13.0 Å². The Labute approximate surface area is 161 Å². The molecule has 5 nitrogen and oxygen atoms in total. The van der Waals surface area contributed by atoms with Crippen molar-refractivity contribution in [2.45, 2.75) is 58.0 Å². The average Bonchev–Trinajstić information content (AvgIpc) is 3.42. The number of hydrogen-bond acceptors (Lipinski definition) is 5. The Kier molecular flexibility index (Phi) is 5.55. The van der Waals surface area contributed by atoms with Crippen LogP contribution in [0.3, 0.4) is 0 Å². The predicted molar refractivity (Wildman–Crippen MR) is 103 cm³/mol. The number of allylic oxidation sites excluding steroid dienone is 4. The second-order valence-electron chi connectivity index (χ2n) is 8.88. The standard InChI is InChI=1S/C22H31NO4/c1-4-16-7-8-18(25)20(26)19(16)22(11-12-23(3)14-15-5-6-15)13-17(24)9-10-21(22,2)27/h4,7-8,15,19,27H,5-6,9-14H2,1-3H3. The molecule has 1 N–H and O–H groups in total. The van der Waals surface area contributed by atoms with Crippen molar-refractivity contribution in [1.82, 2.24) is 4.90 Å². The van der Waals surface area contributed by atoms with Crippen LogP contribution in [0.1, 0.15) is 52.4 Å². The molecule has 3 aliphatic rings. The molecular weight excluding hydrogens is 342 g/mol. The zero-order valence-corrected chi connectivity index (χ0v) is 16.7. The first kappa shape index (κ1) is 20.2. The molecule has 3 aliphatic carbocycles. The van der Waals surface area contributed by atoms with E-state index in [0.29, 0.717) is 25.8 Å². The van der Waals surface area contributed by atoms with Gasteiger partial charge in [0.15, 0.2) is 0 Å². The van der Waals surface area contributed by atoms with E-state index in [-0.39, 0.29) is 12.2 Å². The molecule has 2 fully saturated rings. The van der Waals surface area contributed by atoms with Crippen molar-refractivity contribution < 1.29 is 19.5 Å². The molecule has 27 heavy (non-hydrogen) atoms. The van der Waals surface area contributed by atoms with E-state index in [9.17, 15) is 19.5 Å². The monoisotopic (exact) mass is 373 g/mol. The number of hydrogen-bond donors (Lipinski definition) is 1. The minimum absolute atomic E-state index is 0.0663. The quantitative estimate of drug-likeness (QED) is 0.724. The minimum atomic E-state index is -1.18. The molecule has 0 aromatic heterocycles. The van der Waals surface area contributed by atoms with Crippen LogP contribution in [0.4, 0.5) is 0 Å². The fourth-order valence-electron chi connectivity index (χ4n) is 4.88. The Hall–Kier alpha value is -1.59. The van der Waals surface area contributed by atoms with Gasteiger partial charge in [-0.3, -0.25) is 14.4 Å². The Morgan fingerprint density at radius 3 is 2.59 bits per heavy atom. The maximum atomic E-state index is 12.9. The van der Waals surface area contributed by atoms with Crippen LogP contribution in [0.2, 0.25) is 0 Å². The molecular formula is C22H31NO4. The molecule has 0 saturated heterocycles. The lowest BCUT2D eigenvalue weighted by Gasteiger charge is -2.53. The summed E-state index contributed by atoms with van der Waals surface area (Å²) in [5.41, 5.74) is -1.39. The van der Waals surface area contributed by atoms with Crippen LogP contribution in [-0.2, 0) is 14.4 Å². The number of ketones is 3. The van der Waals surface area contributed by atoms with Crippen LogP contribution in [0.15, 0.2) is 23.8 Å². The van der Waals surface area contributed by atoms with Gasteiger partial charge in [-0.1, -0.05) is 12.2 Å². The number of carbonyl (C=O) groups excluding carboxylic acids is 3. The molecule has 0 aliphatic heterocycles. The van der Waals surface area contributed by atoms with E-state index in [2.05, 4.69) is 11.9 Å². The number of nitrogens with zero attached hydrogens (tertiary/aromatic N) is 1. The Morgan fingerprint density at radius 1 is 1.26 bits per heavy atom. The van der Waals surface area contributed by atoms with Crippen LogP contribution in [0.5, 0.6) is 0 Å². The maximum Gasteiger partial charge on any atom is 0.222 e. The molecule has 0 radical (unpaired) electrons. The van der Waals surface area contributed by atoms with Gasteiger partial charge in [0.05, 0.1) is 11.5 Å². The molecule has 0 heterocycles.